The van der Waals surface area contributed by atoms with E-state index in [0.29, 0.717) is 29.0 Å². The third-order valence-corrected chi connectivity index (χ3v) is 3.53. The first-order valence-corrected chi connectivity index (χ1v) is 6.69. The van der Waals surface area contributed by atoms with Crippen molar-refractivity contribution in [1.82, 2.24) is 0 Å². The van der Waals surface area contributed by atoms with E-state index in [9.17, 15) is 0 Å². The van der Waals surface area contributed by atoms with Crippen molar-refractivity contribution in [2.75, 3.05) is 13.9 Å². The van der Waals surface area contributed by atoms with E-state index in [-0.39, 0.29) is 6.79 Å². The van der Waals surface area contributed by atoms with Crippen molar-refractivity contribution in [1.29, 1.82) is 0 Å². The molecule has 2 aromatic rings. The molecule has 103 valence electrons. The molecule has 3 nitrogen and oxygen atoms in total. The molecule has 0 N–H and O–H groups in total. The fourth-order valence-electron chi connectivity index (χ4n) is 2.23. The van der Waals surface area contributed by atoms with Gasteiger partial charge in [0.15, 0.2) is 11.5 Å². The minimum Gasteiger partial charge on any atom is -0.492 e. The van der Waals surface area contributed by atoms with Gasteiger partial charge in [-0.05, 0) is 24.1 Å². The van der Waals surface area contributed by atoms with E-state index in [0.717, 1.165) is 11.1 Å². The Morgan fingerprint density at radius 1 is 1.15 bits per heavy atom. The standard InChI is InChI=1S/C16H14ClO3/c1-18-15-12(7-8-14-16(15)20-10-19-14)13(17)9-11-5-3-2-4-6-11/h2-8H,9-10H2,1H3. The van der Waals surface area contributed by atoms with Gasteiger partial charge in [-0.25, -0.2) is 0 Å². The maximum absolute atomic E-state index is 6.47. The second kappa shape index (κ2) is 5.63. The van der Waals surface area contributed by atoms with Gasteiger partial charge in [0, 0.05) is 5.56 Å². The number of hydrogen-bond acceptors (Lipinski definition) is 3. The van der Waals surface area contributed by atoms with E-state index >= 15 is 0 Å². The lowest BCUT2D eigenvalue weighted by Crippen LogP contribution is -2.01. The molecule has 0 saturated carbocycles. The molecule has 1 radical (unpaired) electrons. The number of halogens is 1. The normalized spacial score (nSPS) is 12.8. The van der Waals surface area contributed by atoms with Crippen LogP contribution in [0.5, 0.6) is 17.2 Å². The fraction of sp³-hybridized carbons (Fsp3) is 0.188. The van der Waals surface area contributed by atoms with E-state index in [2.05, 4.69) is 0 Å². The first kappa shape index (κ1) is 13.1. The Hall–Kier alpha value is -1.87. The summed E-state index contributed by atoms with van der Waals surface area (Å²) in [6.07, 6.45) is 0.651. The summed E-state index contributed by atoms with van der Waals surface area (Å²) in [7, 11) is 1.60. The first-order chi connectivity index (χ1) is 9.79. The van der Waals surface area contributed by atoms with Crippen LogP contribution in [0, 0.1) is 5.38 Å². The fourth-order valence-corrected chi connectivity index (χ4v) is 2.54. The van der Waals surface area contributed by atoms with Crippen LogP contribution in [0.15, 0.2) is 42.5 Å². The summed E-state index contributed by atoms with van der Waals surface area (Å²) < 4.78 is 16.2. The van der Waals surface area contributed by atoms with Crippen molar-refractivity contribution < 1.29 is 14.2 Å². The zero-order chi connectivity index (χ0) is 13.9. The molecule has 0 bridgehead atoms. The van der Waals surface area contributed by atoms with Crippen molar-refractivity contribution in [2.45, 2.75) is 6.42 Å². The van der Waals surface area contributed by atoms with Gasteiger partial charge in [0.1, 0.15) is 5.38 Å². The van der Waals surface area contributed by atoms with Crippen molar-refractivity contribution in [3.05, 3.63) is 59.0 Å². The molecule has 0 saturated heterocycles. The van der Waals surface area contributed by atoms with Crippen LogP contribution in [0.1, 0.15) is 11.1 Å². The average molecular weight is 290 g/mol. The SMILES string of the molecule is COc1c([C](Cl)Cc2ccccc2)ccc2c1OCO2. The minimum absolute atomic E-state index is 0.214. The van der Waals surface area contributed by atoms with Crippen molar-refractivity contribution >= 4 is 11.6 Å². The van der Waals surface area contributed by atoms with E-state index < -0.39 is 0 Å². The molecular weight excluding hydrogens is 276 g/mol. The number of benzene rings is 2. The van der Waals surface area contributed by atoms with Gasteiger partial charge in [-0.2, -0.15) is 0 Å². The highest BCUT2D eigenvalue weighted by atomic mass is 35.5. The number of fused-ring (bicyclic) bond motifs is 1. The molecule has 0 fully saturated rings. The van der Waals surface area contributed by atoms with Gasteiger partial charge in [0.2, 0.25) is 12.5 Å². The van der Waals surface area contributed by atoms with Crippen LogP contribution in [0.3, 0.4) is 0 Å². The molecule has 0 aromatic heterocycles. The van der Waals surface area contributed by atoms with Crippen LogP contribution in [0.4, 0.5) is 0 Å². The van der Waals surface area contributed by atoms with Gasteiger partial charge >= 0.3 is 0 Å². The molecule has 1 heterocycles. The zero-order valence-electron chi connectivity index (χ0n) is 11.1. The van der Waals surface area contributed by atoms with Crippen LogP contribution in [0.25, 0.3) is 0 Å². The van der Waals surface area contributed by atoms with Gasteiger partial charge in [-0.3, -0.25) is 0 Å². The summed E-state index contributed by atoms with van der Waals surface area (Å²) in [5, 5.41) is 0.714. The van der Waals surface area contributed by atoms with Crippen LogP contribution in [-0.4, -0.2) is 13.9 Å². The molecule has 1 aliphatic rings. The Morgan fingerprint density at radius 3 is 2.70 bits per heavy atom. The molecule has 2 aromatic carbocycles. The van der Waals surface area contributed by atoms with E-state index in [1.54, 1.807) is 7.11 Å². The van der Waals surface area contributed by atoms with E-state index in [1.807, 2.05) is 42.5 Å². The van der Waals surface area contributed by atoms with Crippen molar-refractivity contribution in [3.8, 4) is 17.2 Å². The highest BCUT2D eigenvalue weighted by molar-refractivity contribution is 6.29. The molecule has 20 heavy (non-hydrogen) atoms. The quantitative estimate of drug-likeness (QED) is 0.857. The molecule has 4 heteroatoms. The number of methoxy groups -OCH3 is 1. The maximum Gasteiger partial charge on any atom is 0.231 e. The molecule has 0 atom stereocenters. The van der Waals surface area contributed by atoms with Gasteiger partial charge in [-0.15, -0.1) is 11.6 Å². The summed E-state index contributed by atoms with van der Waals surface area (Å²) in [6.45, 7) is 0.214. The predicted octanol–water partition coefficient (Wildman–Crippen LogP) is 3.79. The first-order valence-electron chi connectivity index (χ1n) is 6.32. The van der Waals surface area contributed by atoms with Crippen LogP contribution in [-0.2, 0) is 6.42 Å². The summed E-state index contributed by atoms with van der Waals surface area (Å²) >= 11 is 6.47. The second-order valence-corrected chi connectivity index (χ2v) is 4.90. The molecule has 0 spiro atoms. The maximum atomic E-state index is 6.47. The third kappa shape index (κ3) is 2.41. The summed E-state index contributed by atoms with van der Waals surface area (Å²) in [5.74, 6) is 1.94. The van der Waals surface area contributed by atoms with E-state index in [4.69, 9.17) is 25.8 Å². The molecule has 0 aliphatic carbocycles. The van der Waals surface area contributed by atoms with E-state index in [1.165, 1.54) is 0 Å². The molecule has 0 unspecified atom stereocenters. The van der Waals surface area contributed by atoms with Crippen LogP contribution in [0.2, 0.25) is 0 Å². The van der Waals surface area contributed by atoms with Crippen molar-refractivity contribution in [2.24, 2.45) is 0 Å². The number of rotatable bonds is 4. The van der Waals surface area contributed by atoms with Gasteiger partial charge in [-0.1, -0.05) is 30.3 Å². The predicted molar refractivity (Wildman–Crippen MR) is 77.5 cm³/mol. The average Bonchev–Trinajstić information content (AvgIpc) is 2.95. The lowest BCUT2D eigenvalue weighted by atomic mass is 10.0. The molecule has 1 aliphatic heterocycles. The number of ether oxygens (including phenoxy) is 3. The molecule has 3 rings (SSSR count). The highest BCUT2D eigenvalue weighted by Crippen LogP contribution is 2.46. The van der Waals surface area contributed by atoms with Gasteiger partial charge < -0.3 is 14.2 Å². The number of hydrogen-bond donors (Lipinski definition) is 0. The zero-order valence-corrected chi connectivity index (χ0v) is 11.8. The topological polar surface area (TPSA) is 27.7 Å². The van der Waals surface area contributed by atoms with Crippen LogP contribution >= 0.6 is 11.6 Å². The summed E-state index contributed by atoms with van der Waals surface area (Å²) in [4.78, 5) is 0. The third-order valence-electron chi connectivity index (χ3n) is 3.19. The van der Waals surface area contributed by atoms with Gasteiger partial charge in [0.05, 0.1) is 7.11 Å². The summed E-state index contributed by atoms with van der Waals surface area (Å²) in [6, 6.07) is 13.8. The Bertz CT molecular complexity index is 598. The van der Waals surface area contributed by atoms with Gasteiger partial charge in [0.25, 0.3) is 0 Å². The molecule has 0 amide bonds. The Labute approximate surface area is 123 Å². The minimum atomic E-state index is 0.214. The summed E-state index contributed by atoms with van der Waals surface area (Å²) in [5.41, 5.74) is 1.99. The monoisotopic (exact) mass is 289 g/mol. The Kier molecular flexibility index (Phi) is 3.70. The smallest absolute Gasteiger partial charge is 0.231 e. The Balaban J connectivity index is 1.90. The largest absolute Gasteiger partial charge is 0.492 e. The lowest BCUT2D eigenvalue weighted by Gasteiger charge is -2.15. The molecular formula is C16H14ClO3. The van der Waals surface area contributed by atoms with Crippen molar-refractivity contribution in [3.63, 3.8) is 0 Å². The highest BCUT2D eigenvalue weighted by Gasteiger charge is 2.25. The lowest BCUT2D eigenvalue weighted by molar-refractivity contribution is 0.171. The second-order valence-electron chi connectivity index (χ2n) is 4.45. The Morgan fingerprint density at radius 2 is 1.95 bits per heavy atom. The van der Waals surface area contributed by atoms with Crippen LogP contribution < -0.4 is 14.2 Å².